The molecule has 1 unspecified atom stereocenters. The summed E-state index contributed by atoms with van der Waals surface area (Å²) >= 11 is 7.23. The maximum Gasteiger partial charge on any atom is 0.225 e. The van der Waals surface area contributed by atoms with Crippen molar-refractivity contribution in [1.29, 1.82) is 5.26 Å². The summed E-state index contributed by atoms with van der Waals surface area (Å²) in [4.78, 5) is 12.7. The van der Waals surface area contributed by atoms with Gasteiger partial charge in [0.25, 0.3) is 0 Å². The van der Waals surface area contributed by atoms with E-state index < -0.39 is 6.04 Å². The van der Waals surface area contributed by atoms with Crippen LogP contribution in [0, 0.1) is 11.3 Å². The standard InChI is InChI=1S/C14H11ClN2OS/c15-11-5-3-10(4-6-11)8-14(18)17-12(9-16)13-2-1-7-19-13/h1-7,12H,8H2,(H,17,18). The van der Waals surface area contributed by atoms with Gasteiger partial charge in [-0.25, -0.2) is 0 Å². The van der Waals surface area contributed by atoms with E-state index in [0.29, 0.717) is 5.02 Å². The molecule has 5 heteroatoms. The fraction of sp³-hybridized carbons (Fsp3) is 0.143. The van der Waals surface area contributed by atoms with E-state index in [1.165, 1.54) is 11.3 Å². The first-order valence-corrected chi connectivity index (χ1v) is 6.91. The molecule has 2 rings (SSSR count). The van der Waals surface area contributed by atoms with Crippen LogP contribution in [-0.4, -0.2) is 5.91 Å². The van der Waals surface area contributed by atoms with Crippen molar-refractivity contribution in [3.63, 3.8) is 0 Å². The zero-order chi connectivity index (χ0) is 13.7. The second kappa shape index (κ2) is 6.37. The number of halogens is 1. The summed E-state index contributed by atoms with van der Waals surface area (Å²) in [7, 11) is 0. The SMILES string of the molecule is N#CC(NC(=O)Cc1ccc(Cl)cc1)c1cccs1. The number of nitrogens with zero attached hydrogens (tertiary/aromatic N) is 1. The van der Waals surface area contributed by atoms with Crippen LogP contribution in [0.15, 0.2) is 41.8 Å². The molecule has 0 aliphatic rings. The van der Waals surface area contributed by atoms with Gasteiger partial charge in [-0.15, -0.1) is 11.3 Å². The molecule has 1 atom stereocenters. The first-order chi connectivity index (χ1) is 9.19. The lowest BCUT2D eigenvalue weighted by Gasteiger charge is -2.09. The Balaban J connectivity index is 1.97. The fourth-order valence-electron chi connectivity index (χ4n) is 1.62. The molecule has 0 bridgehead atoms. The van der Waals surface area contributed by atoms with Gasteiger partial charge in [-0.3, -0.25) is 4.79 Å². The Morgan fingerprint density at radius 1 is 1.37 bits per heavy atom. The topological polar surface area (TPSA) is 52.9 Å². The Bertz CT molecular complexity index is 587. The quantitative estimate of drug-likeness (QED) is 0.939. The van der Waals surface area contributed by atoms with Crippen LogP contribution in [-0.2, 0) is 11.2 Å². The molecule has 0 radical (unpaired) electrons. The van der Waals surface area contributed by atoms with Crippen LogP contribution in [0.5, 0.6) is 0 Å². The van der Waals surface area contributed by atoms with E-state index in [-0.39, 0.29) is 12.3 Å². The van der Waals surface area contributed by atoms with E-state index in [1.54, 1.807) is 24.3 Å². The Kier molecular flexibility index (Phi) is 4.56. The number of thiophene rings is 1. The number of nitrogens with one attached hydrogen (secondary N) is 1. The smallest absolute Gasteiger partial charge is 0.225 e. The van der Waals surface area contributed by atoms with Crippen molar-refractivity contribution < 1.29 is 4.79 Å². The molecule has 0 saturated carbocycles. The minimum Gasteiger partial charge on any atom is -0.336 e. The maximum atomic E-state index is 11.9. The second-order valence-electron chi connectivity index (χ2n) is 3.95. The molecule has 1 aromatic heterocycles. The van der Waals surface area contributed by atoms with Crippen molar-refractivity contribution in [2.75, 3.05) is 0 Å². The molecule has 19 heavy (non-hydrogen) atoms. The molecular formula is C14H11ClN2OS. The number of carbonyl (C=O) groups is 1. The van der Waals surface area contributed by atoms with Crippen LogP contribution in [0.2, 0.25) is 5.02 Å². The molecule has 0 fully saturated rings. The molecule has 1 amide bonds. The number of nitriles is 1. The van der Waals surface area contributed by atoms with E-state index in [2.05, 4.69) is 11.4 Å². The number of benzene rings is 1. The monoisotopic (exact) mass is 290 g/mol. The van der Waals surface area contributed by atoms with Crippen LogP contribution in [0.1, 0.15) is 16.5 Å². The molecule has 0 aliphatic carbocycles. The third kappa shape index (κ3) is 3.82. The van der Waals surface area contributed by atoms with Crippen LogP contribution in [0.4, 0.5) is 0 Å². The zero-order valence-electron chi connectivity index (χ0n) is 9.97. The first kappa shape index (κ1) is 13.6. The van der Waals surface area contributed by atoms with E-state index in [1.807, 2.05) is 17.5 Å². The number of hydrogen-bond donors (Lipinski definition) is 1. The third-order valence-corrected chi connectivity index (χ3v) is 3.73. The average molecular weight is 291 g/mol. The minimum absolute atomic E-state index is 0.178. The Morgan fingerprint density at radius 2 is 2.11 bits per heavy atom. The largest absolute Gasteiger partial charge is 0.336 e. The molecule has 1 N–H and O–H groups in total. The lowest BCUT2D eigenvalue weighted by molar-refractivity contribution is -0.120. The van der Waals surface area contributed by atoms with Crippen molar-refractivity contribution in [2.45, 2.75) is 12.5 Å². The van der Waals surface area contributed by atoms with Crippen LogP contribution < -0.4 is 5.32 Å². The van der Waals surface area contributed by atoms with Crippen molar-refractivity contribution in [1.82, 2.24) is 5.32 Å². The predicted molar refractivity (Wildman–Crippen MR) is 76.0 cm³/mol. The zero-order valence-corrected chi connectivity index (χ0v) is 11.5. The van der Waals surface area contributed by atoms with E-state index >= 15 is 0 Å². The van der Waals surface area contributed by atoms with Gasteiger partial charge in [-0.2, -0.15) is 5.26 Å². The summed E-state index contributed by atoms with van der Waals surface area (Å²) in [6.07, 6.45) is 0.237. The first-order valence-electron chi connectivity index (χ1n) is 5.66. The summed E-state index contributed by atoms with van der Waals surface area (Å²) in [6.45, 7) is 0. The van der Waals surface area contributed by atoms with Gasteiger partial charge < -0.3 is 5.32 Å². The molecule has 0 aliphatic heterocycles. The van der Waals surface area contributed by atoms with Crippen molar-refractivity contribution >= 4 is 28.8 Å². The molecular weight excluding hydrogens is 280 g/mol. The van der Waals surface area contributed by atoms with Crippen LogP contribution in [0.25, 0.3) is 0 Å². The lowest BCUT2D eigenvalue weighted by Crippen LogP contribution is -2.28. The molecule has 96 valence electrons. The van der Waals surface area contributed by atoms with Crippen molar-refractivity contribution in [3.05, 3.63) is 57.2 Å². The number of carbonyl (C=O) groups excluding carboxylic acids is 1. The van der Waals surface area contributed by atoms with E-state index in [4.69, 9.17) is 16.9 Å². The van der Waals surface area contributed by atoms with Crippen molar-refractivity contribution in [3.8, 4) is 6.07 Å². The number of hydrogen-bond acceptors (Lipinski definition) is 3. The number of amides is 1. The Morgan fingerprint density at radius 3 is 2.68 bits per heavy atom. The summed E-state index contributed by atoms with van der Waals surface area (Å²) in [5.74, 6) is -0.178. The predicted octanol–water partition coefficient (Wildman–Crippen LogP) is 3.33. The van der Waals surface area contributed by atoms with Crippen LogP contribution in [0.3, 0.4) is 0 Å². The average Bonchev–Trinajstić information content (AvgIpc) is 2.92. The van der Waals surface area contributed by atoms with Gasteiger partial charge >= 0.3 is 0 Å². The molecule has 0 saturated heterocycles. The summed E-state index contributed by atoms with van der Waals surface area (Å²) in [5, 5.41) is 14.3. The van der Waals surface area contributed by atoms with E-state index in [0.717, 1.165) is 10.4 Å². The molecule has 2 aromatic rings. The summed E-state index contributed by atoms with van der Waals surface area (Å²) < 4.78 is 0. The highest BCUT2D eigenvalue weighted by molar-refractivity contribution is 7.10. The van der Waals surface area contributed by atoms with Crippen LogP contribution >= 0.6 is 22.9 Å². The molecule has 3 nitrogen and oxygen atoms in total. The summed E-state index contributed by atoms with van der Waals surface area (Å²) in [5.41, 5.74) is 0.866. The van der Waals surface area contributed by atoms with Gasteiger partial charge in [-0.05, 0) is 29.1 Å². The Hall–Kier alpha value is -1.83. The highest BCUT2D eigenvalue weighted by Gasteiger charge is 2.14. The van der Waals surface area contributed by atoms with Gasteiger partial charge in [0.1, 0.15) is 0 Å². The molecule has 0 spiro atoms. The third-order valence-electron chi connectivity index (χ3n) is 2.54. The van der Waals surface area contributed by atoms with Gasteiger partial charge in [-0.1, -0.05) is 29.8 Å². The lowest BCUT2D eigenvalue weighted by atomic mass is 10.1. The van der Waals surface area contributed by atoms with Gasteiger partial charge in [0.15, 0.2) is 6.04 Å². The number of rotatable bonds is 4. The maximum absolute atomic E-state index is 11.9. The van der Waals surface area contributed by atoms with E-state index in [9.17, 15) is 4.79 Å². The fourth-order valence-corrected chi connectivity index (χ4v) is 2.47. The highest BCUT2D eigenvalue weighted by atomic mass is 35.5. The molecule has 1 heterocycles. The molecule has 1 aromatic carbocycles. The minimum atomic E-state index is -0.584. The summed E-state index contributed by atoms with van der Waals surface area (Å²) in [6, 6.07) is 12.3. The van der Waals surface area contributed by atoms with Gasteiger partial charge in [0.05, 0.1) is 12.5 Å². The van der Waals surface area contributed by atoms with Crippen molar-refractivity contribution in [2.24, 2.45) is 0 Å². The highest BCUT2D eigenvalue weighted by Crippen LogP contribution is 2.18. The normalized spacial score (nSPS) is 11.6. The van der Waals surface area contributed by atoms with Gasteiger partial charge in [0.2, 0.25) is 5.91 Å². The second-order valence-corrected chi connectivity index (χ2v) is 5.36. The van der Waals surface area contributed by atoms with Gasteiger partial charge in [0, 0.05) is 9.90 Å². The Labute approximate surface area is 120 Å².